The predicted octanol–water partition coefficient (Wildman–Crippen LogP) is 4.69. The van der Waals surface area contributed by atoms with Gasteiger partial charge in [-0.05, 0) is 30.3 Å². The van der Waals surface area contributed by atoms with Gasteiger partial charge in [-0.3, -0.25) is 0 Å². The van der Waals surface area contributed by atoms with Gasteiger partial charge in [-0.1, -0.05) is 34.8 Å². The Bertz CT molecular complexity index is 588. The highest BCUT2D eigenvalue weighted by Gasteiger charge is 2.07. The molecule has 0 amide bonds. The Balaban J connectivity index is 1.84. The summed E-state index contributed by atoms with van der Waals surface area (Å²) in [4.78, 5) is 0. The molecule has 0 bridgehead atoms. The molecule has 0 radical (unpaired) electrons. The van der Waals surface area contributed by atoms with Crippen molar-refractivity contribution < 1.29 is 9.47 Å². The molecule has 0 atom stereocenters. The van der Waals surface area contributed by atoms with E-state index in [0.717, 1.165) is 5.75 Å². The lowest BCUT2D eigenvalue weighted by molar-refractivity contribution is 0.217. The maximum atomic E-state index is 5.99. The second kappa shape index (κ2) is 6.93. The summed E-state index contributed by atoms with van der Waals surface area (Å²) in [6.45, 7) is 0.711. The number of hydrogen-bond acceptors (Lipinski definition) is 3. The molecule has 2 aromatic rings. The van der Waals surface area contributed by atoms with Crippen LogP contribution >= 0.6 is 34.8 Å². The van der Waals surface area contributed by atoms with Gasteiger partial charge in [-0.15, -0.1) is 0 Å². The summed E-state index contributed by atoms with van der Waals surface area (Å²) in [6, 6.07) is 10.2. The van der Waals surface area contributed by atoms with Crippen molar-refractivity contribution in [1.82, 2.24) is 0 Å². The first-order chi connectivity index (χ1) is 9.56. The molecule has 0 heterocycles. The fourth-order valence-electron chi connectivity index (χ4n) is 1.49. The molecular formula is C14H12Cl3NO2. The van der Waals surface area contributed by atoms with E-state index in [9.17, 15) is 0 Å². The van der Waals surface area contributed by atoms with Crippen LogP contribution in [0.3, 0.4) is 0 Å². The van der Waals surface area contributed by atoms with Gasteiger partial charge >= 0.3 is 0 Å². The fraction of sp³-hybridized carbons (Fsp3) is 0.143. The minimum Gasteiger partial charge on any atom is -0.490 e. The van der Waals surface area contributed by atoms with E-state index >= 15 is 0 Å². The van der Waals surface area contributed by atoms with Crippen LogP contribution in [0.1, 0.15) is 0 Å². The van der Waals surface area contributed by atoms with Gasteiger partial charge in [-0.25, -0.2) is 0 Å². The quantitative estimate of drug-likeness (QED) is 0.491. The third-order valence-electron chi connectivity index (χ3n) is 2.46. The third-order valence-corrected chi connectivity index (χ3v) is 3.48. The van der Waals surface area contributed by atoms with Crippen LogP contribution in [0.25, 0.3) is 0 Å². The maximum absolute atomic E-state index is 5.99. The first-order valence-electron chi connectivity index (χ1n) is 5.82. The predicted molar refractivity (Wildman–Crippen MR) is 83.3 cm³/mol. The van der Waals surface area contributed by atoms with Crippen molar-refractivity contribution in [3.05, 3.63) is 51.5 Å². The molecule has 0 saturated carbocycles. The number of anilines is 1. The van der Waals surface area contributed by atoms with Gasteiger partial charge in [0.05, 0.1) is 15.1 Å². The van der Waals surface area contributed by atoms with E-state index in [1.807, 2.05) is 0 Å². The molecule has 0 aliphatic rings. The lowest BCUT2D eigenvalue weighted by Gasteiger charge is -2.10. The van der Waals surface area contributed by atoms with Crippen LogP contribution in [-0.2, 0) is 0 Å². The number of halogens is 3. The van der Waals surface area contributed by atoms with Crippen molar-refractivity contribution >= 4 is 40.5 Å². The molecular weight excluding hydrogens is 321 g/mol. The zero-order valence-electron chi connectivity index (χ0n) is 10.4. The Morgan fingerprint density at radius 3 is 2.10 bits per heavy atom. The van der Waals surface area contributed by atoms with Crippen molar-refractivity contribution in [2.75, 3.05) is 18.9 Å². The second-order valence-electron chi connectivity index (χ2n) is 3.96. The summed E-state index contributed by atoms with van der Waals surface area (Å²) in [6.07, 6.45) is 0. The van der Waals surface area contributed by atoms with E-state index in [4.69, 9.17) is 50.0 Å². The van der Waals surface area contributed by atoms with E-state index in [1.54, 1.807) is 36.4 Å². The Labute approximate surface area is 132 Å². The number of hydrogen-bond donors (Lipinski definition) is 1. The smallest absolute Gasteiger partial charge is 0.139 e. The average molecular weight is 333 g/mol. The van der Waals surface area contributed by atoms with Gasteiger partial charge in [0, 0.05) is 11.8 Å². The van der Waals surface area contributed by atoms with Gasteiger partial charge < -0.3 is 15.2 Å². The number of benzene rings is 2. The molecule has 0 fully saturated rings. The van der Waals surface area contributed by atoms with Crippen LogP contribution in [0.15, 0.2) is 36.4 Å². The standard InChI is InChI=1S/C14H12Cl3NO2/c15-11-7-13(17)14(8-12(11)16)20-6-5-19-10-3-1-9(18)2-4-10/h1-4,7-8H,5-6,18H2. The van der Waals surface area contributed by atoms with Crippen LogP contribution in [0, 0.1) is 0 Å². The molecule has 0 unspecified atom stereocenters. The first-order valence-corrected chi connectivity index (χ1v) is 6.95. The van der Waals surface area contributed by atoms with Crippen molar-refractivity contribution in [1.29, 1.82) is 0 Å². The van der Waals surface area contributed by atoms with E-state index in [1.165, 1.54) is 0 Å². The number of rotatable bonds is 5. The molecule has 0 aliphatic heterocycles. The summed E-state index contributed by atoms with van der Waals surface area (Å²) in [5.74, 6) is 1.20. The van der Waals surface area contributed by atoms with Crippen LogP contribution in [0.4, 0.5) is 5.69 Å². The summed E-state index contributed by atoms with van der Waals surface area (Å²) < 4.78 is 11.0. The molecule has 2 rings (SSSR count). The highest BCUT2D eigenvalue weighted by Crippen LogP contribution is 2.33. The van der Waals surface area contributed by atoms with Gasteiger partial charge in [0.25, 0.3) is 0 Å². The zero-order chi connectivity index (χ0) is 14.5. The largest absolute Gasteiger partial charge is 0.490 e. The van der Waals surface area contributed by atoms with Crippen LogP contribution < -0.4 is 15.2 Å². The second-order valence-corrected chi connectivity index (χ2v) is 5.18. The lowest BCUT2D eigenvalue weighted by Crippen LogP contribution is -2.09. The van der Waals surface area contributed by atoms with Gasteiger partial charge in [0.15, 0.2) is 0 Å². The molecule has 0 aliphatic carbocycles. The molecule has 20 heavy (non-hydrogen) atoms. The van der Waals surface area contributed by atoms with E-state index < -0.39 is 0 Å². The van der Waals surface area contributed by atoms with Gasteiger partial charge in [-0.2, -0.15) is 0 Å². The van der Waals surface area contributed by atoms with Crippen molar-refractivity contribution in [2.24, 2.45) is 0 Å². The number of nitrogen functional groups attached to an aromatic ring is 1. The minimum atomic E-state index is 0.335. The van der Waals surface area contributed by atoms with E-state index in [-0.39, 0.29) is 0 Å². The highest BCUT2D eigenvalue weighted by atomic mass is 35.5. The van der Waals surface area contributed by atoms with E-state index in [2.05, 4.69) is 0 Å². The molecule has 6 heteroatoms. The summed E-state index contributed by atoms with van der Waals surface area (Å²) in [5, 5.41) is 1.19. The van der Waals surface area contributed by atoms with Crippen LogP contribution in [0.2, 0.25) is 15.1 Å². The fourth-order valence-corrected chi connectivity index (χ4v) is 2.08. The summed E-state index contributed by atoms with van der Waals surface area (Å²) in [5.41, 5.74) is 6.27. The molecule has 0 spiro atoms. The molecule has 0 aromatic heterocycles. The molecule has 2 aromatic carbocycles. The average Bonchev–Trinajstić information content (AvgIpc) is 2.42. The third kappa shape index (κ3) is 4.10. The molecule has 0 saturated heterocycles. The van der Waals surface area contributed by atoms with Gasteiger partial charge in [0.2, 0.25) is 0 Å². The maximum Gasteiger partial charge on any atom is 0.139 e. The van der Waals surface area contributed by atoms with Crippen LogP contribution in [-0.4, -0.2) is 13.2 Å². The Kier molecular flexibility index (Phi) is 5.24. The SMILES string of the molecule is Nc1ccc(OCCOc2cc(Cl)c(Cl)cc2Cl)cc1. The highest BCUT2D eigenvalue weighted by molar-refractivity contribution is 6.43. The van der Waals surface area contributed by atoms with E-state index in [0.29, 0.717) is 39.7 Å². The van der Waals surface area contributed by atoms with Gasteiger partial charge in [0.1, 0.15) is 24.7 Å². The molecule has 3 nitrogen and oxygen atoms in total. The Morgan fingerprint density at radius 1 is 0.800 bits per heavy atom. The minimum absolute atomic E-state index is 0.335. The number of nitrogens with two attached hydrogens (primary N) is 1. The topological polar surface area (TPSA) is 44.5 Å². The Hall–Kier alpha value is -1.29. The zero-order valence-corrected chi connectivity index (χ0v) is 12.7. The van der Waals surface area contributed by atoms with Crippen molar-refractivity contribution in [3.8, 4) is 11.5 Å². The van der Waals surface area contributed by atoms with Crippen LogP contribution in [0.5, 0.6) is 11.5 Å². The summed E-state index contributed by atoms with van der Waals surface area (Å²) in [7, 11) is 0. The monoisotopic (exact) mass is 331 g/mol. The van der Waals surface area contributed by atoms with Crippen molar-refractivity contribution in [3.63, 3.8) is 0 Å². The first kappa shape index (κ1) is 15.1. The molecule has 106 valence electrons. The lowest BCUT2D eigenvalue weighted by atomic mass is 10.3. The van der Waals surface area contributed by atoms with Crippen molar-refractivity contribution in [2.45, 2.75) is 0 Å². The Morgan fingerprint density at radius 2 is 1.40 bits per heavy atom. The molecule has 2 N–H and O–H groups in total. The number of ether oxygens (including phenoxy) is 2. The normalized spacial score (nSPS) is 10.3. The summed E-state index contributed by atoms with van der Waals surface area (Å²) >= 11 is 17.7.